The number of alkyl halides is 3. The van der Waals surface area contributed by atoms with Crippen LogP contribution in [0.1, 0.15) is 53.5 Å². The second-order valence-electron chi connectivity index (χ2n) is 8.62. The predicted octanol–water partition coefficient (Wildman–Crippen LogP) is 3.52. The maximum absolute atomic E-state index is 13.2. The fourth-order valence-electron chi connectivity index (χ4n) is 4.17. The lowest BCUT2D eigenvalue weighted by atomic mass is 10.1. The number of pyridine rings is 1. The van der Waals surface area contributed by atoms with Crippen molar-refractivity contribution >= 4 is 17.4 Å². The third-order valence-electron chi connectivity index (χ3n) is 5.94. The number of nitrogen functional groups attached to an aromatic ring is 1. The van der Waals surface area contributed by atoms with Gasteiger partial charge in [-0.1, -0.05) is 17.7 Å². The summed E-state index contributed by atoms with van der Waals surface area (Å²) in [6.07, 6.45) is -0.656. The number of carbonyl (C=O) groups excluding carboxylic acids is 1. The molecule has 0 unspecified atom stereocenters. The van der Waals surface area contributed by atoms with E-state index < -0.39 is 23.3 Å². The maximum atomic E-state index is 13.2. The number of benzene rings is 1. The molecule has 0 radical (unpaired) electrons. The molecule has 0 saturated carbocycles. The molecular formula is C24H25F3N6O2. The molecule has 1 aliphatic rings. The monoisotopic (exact) mass is 486 g/mol. The molecule has 0 aliphatic carbocycles. The first-order valence-electron chi connectivity index (χ1n) is 11.1. The molecule has 3 heterocycles. The topological polar surface area (TPSA) is 115 Å². The molecule has 8 nitrogen and oxygen atoms in total. The highest BCUT2D eigenvalue weighted by atomic mass is 19.4. The zero-order chi connectivity index (χ0) is 25.3. The van der Waals surface area contributed by atoms with Crippen LogP contribution in [0, 0.1) is 6.92 Å². The number of rotatable bonds is 6. The summed E-state index contributed by atoms with van der Waals surface area (Å²) in [6.45, 7) is 3.38. The summed E-state index contributed by atoms with van der Waals surface area (Å²) in [6, 6.07) is 6.04. The highest BCUT2D eigenvalue weighted by Crippen LogP contribution is 2.31. The van der Waals surface area contributed by atoms with Gasteiger partial charge in [-0.3, -0.25) is 14.2 Å². The Balaban J connectivity index is 1.51. The van der Waals surface area contributed by atoms with Crippen LogP contribution in [-0.4, -0.2) is 20.4 Å². The second kappa shape index (κ2) is 9.40. The number of halogens is 3. The van der Waals surface area contributed by atoms with Crippen molar-refractivity contribution < 1.29 is 18.0 Å². The minimum atomic E-state index is -4.46. The van der Waals surface area contributed by atoms with Crippen molar-refractivity contribution in [1.82, 2.24) is 19.9 Å². The van der Waals surface area contributed by atoms with Gasteiger partial charge in [0.2, 0.25) is 5.91 Å². The average molecular weight is 486 g/mol. The highest BCUT2D eigenvalue weighted by molar-refractivity contribution is 5.81. The Morgan fingerprint density at radius 1 is 1.23 bits per heavy atom. The average Bonchev–Trinajstić information content (AvgIpc) is 3.23. The van der Waals surface area contributed by atoms with Gasteiger partial charge in [0.15, 0.2) is 0 Å². The summed E-state index contributed by atoms with van der Waals surface area (Å²) in [7, 11) is 0. The summed E-state index contributed by atoms with van der Waals surface area (Å²) < 4.78 is 40.7. The number of amides is 1. The molecule has 0 bridgehead atoms. The van der Waals surface area contributed by atoms with Crippen LogP contribution < -0.4 is 21.9 Å². The maximum Gasteiger partial charge on any atom is 0.416 e. The van der Waals surface area contributed by atoms with Crippen molar-refractivity contribution in [2.45, 2.75) is 51.5 Å². The first kappa shape index (κ1) is 24.2. The molecule has 2 aromatic heterocycles. The zero-order valence-electron chi connectivity index (χ0n) is 19.2. The number of aromatic nitrogens is 3. The lowest BCUT2D eigenvalue weighted by Crippen LogP contribution is -2.37. The molecule has 0 spiro atoms. The van der Waals surface area contributed by atoms with Crippen LogP contribution >= 0.6 is 0 Å². The summed E-state index contributed by atoms with van der Waals surface area (Å²) in [5.74, 6) is 0.523. The normalized spacial score (nSPS) is 16.0. The Bertz CT molecular complexity index is 1300. The van der Waals surface area contributed by atoms with Crippen molar-refractivity contribution in [2.24, 2.45) is 0 Å². The minimum Gasteiger partial charge on any atom is -0.384 e. The largest absolute Gasteiger partial charge is 0.416 e. The van der Waals surface area contributed by atoms with Crippen LogP contribution in [-0.2, 0) is 23.9 Å². The summed E-state index contributed by atoms with van der Waals surface area (Å²) in [5, 5.41) is 5.78. The van der Waals surface area contributed by atoms with E-state index in [2.05, 4.69) is 20.6 Å². The summed E-state index contributed by atoms with van der Waals surface area (Å²) in [4.78, 5) is 34.5. The lowest BCUT2D eigenvalue weighted by molar-refractivity contribution is -0.137. The molecule has 0 fully saturated rings. The number of anilines is 2. The van der Waals surface area contributed by atoms with Crippen molar-refractivity contribution in [3.8, 4) is 0 Å². The Morgan fingerprint density at radius 3 is 2.69 bits per heavy atom. The quantitative estimate of drug-likeness (QED) is 0.491. The van der Waals surface area contributed by atoms with E-state index in [1.807, 2.05) is 0 Å². The fourth-order valence-corrected chi connectivity index (χ4v) is 4.17. The smallest absolute Gasteiger partial charge is 0.384 e. The standard InChI is InChI=1S/C24H25F3N6O2/c1-13-7-15(9-17(8-13)24(25,26)27)10-29-18-12-31-21-6-4-19(33(21)23(18)35)22(34)32-14(2)16-3-5-20(28)30-11-16/h3,5,7-9,11-12,14,19,29H,4,6,10H2,1-2H3,(H2,28,30)(H,32,34)/t14-,19+/m1/s1. The second-order valence-corrected chi connectivity index (χ2v) is 8.62. The van der Waals surface area contributed by atoms with Crippen LogP contribution in [0.15, 0.2) is 47.5 Å². The number of fused-ring (bicyclic) bond motifs is 1. The van der Waals surface area contributed by atoms with E-state index in [1.54, 1.807) is 38.2 Å². The van der Waals surface area contributed by atoms with Gasteiger partial charge >= 0.3 is 6.18 Å². The molecule has 2 atom stereocenters. The molecule has 1 aliphatic heterocycles. The van der Waals surface area contributed by atoms with Gasteiger partial charge in [-0.25, -0.2) is 9.97 Å². The van der Waals surface area contributed by atoms with Crippen LogP contribution in [0.25, 0.3) is 0 Å². The Hall–Kier alpha value is -3.89. The molecular weight excluding hydrogens is 461 g/mol. The van der Waals surface area contributed by atoms with E-state index in [9.17, 15) is 22.8 Å². The van der Waals surface area contributed by atoms with Crippen LogP contribution in [0.5, 0.6) is 0 Å². The van der Waals surface area contributed by atoms with E-state index in [1.165, 1.54) is 10.8 Å². The molecule has 4 rings (SSSR count). The molecule has 1 aromatic carbocycles. The van der Waals surface area contributed by atoms with E-state index in [0.29, 0.717) is 35.6 Å². The molecule has 0 saturated heterocycles. The van der Waals surface area contributed by atoms with Gasteiger partial charge in [0, 0.05) is 19.2 Å². The number of hydrogen-bond donors (Lipinski definition) is 3. The Morgan fingerprint density at radius 2 is 2.00 bits per heavy atom. The first-order chi connectivity index (χ1) is 16.5. The SMILES string of the molecule is Cc1cc(CNc2cnc3n(c2=O)[C@H](C(=O)N[C@H](C)c2ccc(N)nc2)CC3)cc(C(F)(F)F)c1. The van der Waals surface area contributed by atoms with Gasteiger partial charge < -0.3 is 16.4 Å². The van der Waals surface area contributed by atoms with Crippen LogP contribution in [0.2, 0.25) is 0 Å². The molecule has 1 amide bonds. The number of hydrogen-bond acceptors (Lipinski definition) is 6. The fraction of sp³-hybridized carbons (Fsp3) is 0.333. The van der Waals surface area contributed by atoms with Crippen LogP contribution in [0.4, 0.5) is 24.7 Å². The number of nitrogens with one attached hydrogen (secondary N) is 2. The van der Waals surface area contributed by atoms with Crippen molar-refractivity contribution in [3.63, 3.8) is 0 Å². The van der Waals surface area contributed by atoms with Gasteiger partial charge in [-0.15, -0.1) is 0 Å². The number of nitrogens with zero attached hydrogens (tertiary/aromatic N) is 3. The van der Waals surface area contributed by atoms with Gasteiger partial charge in [0.25, 0.3) is 5.56 Å². The van der Waals surface area contributed by atoms with E-state index in [0.717, 1.165) is 17.7 Å². The predicted molar refractivity (Wildman–Crippen MR) is 125 cm³/mol. The van der Waals surface area contributed by atoms with Crippen molar-refractivity contribution in [3.05, 3.63) is 81.2 Å². The summed E-state index contributed by atoms with van der Waals surface area (Å²) in [5.41, 5.74) is 6.13. The third kappa shape index (κ3) is 5.28. The Kier molecular flexibility index (Phi) is 6.51. The number of aryl methyl sites for hydroxylation is 2. The molecule has 3 aromatic rings. The van der Waals surface area contributed by atoms with Crippen molar-refractivity contribution in [1.29, 1.82) is 0 Å². The lowest BCUT2D eigenvalue weighted by Gasteiger charge is -2.19. The van der Waals surface area contributed by atoms with E-state index in [-0.39, 0.29) is 24.2 Å². The zero-order valence-corrected chi connectivity index (χ0v) is 19.2. The molecule has 184 valence electrons. The van der Waals surface area contributed by atoms with Crippen molar-refractivity contribution in [2.75, 3.05) is 11.1 Å². The van der Waals surface area contributed by atoms with E-state index >= 15 is 0 Å². The van der Waals surface area contributed by atoms with Gasteiger partial charge in [-0.2, -0.15) is 13.2 Å². The van der Waals surface area contributed by atoms with Crippen LogP contribution in [0.3, 0.4) is 0 Å². The third-order valence-corrected chi connectivity index (χ3v) is 5.94. The molecule has 4 N–H and O–H groups in total. The summed E-state index contributed by atoms with van der Waals surface area (Å²) >= 11 is 0. The highest BCUT2D eigenvalue weighted by Gasteiger charge is 2.32. The number of nitrogens with two attached hydrogens (primary N) is 1. The molecule has 11 heteroatoms. The van der Waals surface area contributed by atoms with Gasteiger partial charge in [-0.05, 0) is 49.6 Å². The first-order valence-corrected chi connectivity index (χ1v) is 11.1. The minimum absolute atomic E-state index is 0.000931. The number of carbonyl (C=O) groups is 1. The van der Waals surface area contributed by atoms with Gasteiger partial charge in [0.1, 0.15) is 23.4 Å². The van der Waals surface area contributed by atoms with Gasteiger partial charge in [0.05, 0.1) is 17.8 Å². The van der Waals surface area contributed by atoms with E-state index in [4.69, 9.17) is 5.73 Å². The molecule has 35 heavy (non-hydrogen) atoms. The Labute approximate surface area is 199 Å².